The molecular weight excluding hydrogens is 248 g/mol. The second-order valence-electron chi connectivity index (χ2n) is 7.68. The highest BCUT2D eigenvalue weighted by Crippen LogP contribution is 2.35. The van der Waals surface area contributed by atoms with Crippen molar-refractivity contribution in [1.82, 2.24) is 10.2 Å². The van der Waals surface area contributed by atoms with Crippen LogP contribution in [0.5, 0.6) is 0 Å². The first kappa shape index (κ1) is 15.8. The predicted octanol–water partition coefficient (Wildman–Crippen LogP) is 2.90. The second kappa shape index (κ2) is 6.46. The summed E-state index contributed by atoms with van der Waals surface area (Å²) in [5, 5.41) is 3.27. The number of nitrogens with zero attached hydrogens (tertiary/aromatic N) is 1. The van der Waals surface area contributed by atoms with E-state index in [1.165, 1.54) is 19.4 Å². The smallest absolute Gasteiger partial charge is 0.222 e. The van der Waals surface area contributed by atoms with Gasteiger partial charge in [0.15, 0.2) is 0 Å². The van der Waals surface area contributed by atoms with E-state index in [1.54, 1.807) is 0 Å². The normalized spacial score (nSPS) is 35.1. The van der Waals surface area contributed by atoms with Gasteiger partial charge in [0.25, 0.3) is 0 Å². The lowest BCUT2D eigenvalue weighted by Gasteiger charge is -2.49. The molecular formula is C17H32N2O. The van der Waals surface area contributed by atoms with Gasteiger partial charge in [0.2, 0.25) is 5.91 Å². The maximum atomic E-state index is 12.0. The first-order valence-electron chi connectivity index (χ1n) is 8.43. The molecule has 1 N–H and O–H groups in total. The molecule has 1 aliphatic heterocycles. The van der Waals surface area contributed by atoms with Crippen LogP contribution in [0.4, 0.5) is 0 Å². The van der Waals surface area contributed by atoms with Crippen LogP contribution in [0.15, 0.2) is 0 Å². The van der Waals surface area contributed by atoms with Crippen LogP contribution >= 0.6 is 0 Å². The highest BCUT2D eigenvalue weighted by atomic mass is 16.1. The first-order chi connectivity index (χ1) is 9.38. The summed E-state index contributed by atoms with van der Waals surface area (Å²) >= 11 is 0. The number of rotatable bonds is 4. The highest BCUT2D eigenvalue weighted by molar-refractivity contribution is 5.78. The lowest BCUT2D eigenvalue weighted by atomic mass is 9.77. The van der Waals surface area contributed by atoms with Crippen LogP contribution in [-0.2, 0) is 4.79 Å². The largest absolute Gasteiger partial charge is 0.352 e. The number of hydrogen-bond donors (Lipinski definition) is 1. The summed E-state index contributed by atoms with van der Waals surface area (Å²) in [6.07, 6.45) is 3.86. The Morgan fingerprint density at radius 2 is 1.85 bits per heavy atom. The maximum Gasteiger partial charge on any atom is 0.222 e. The molecule has 1 saturated heterocycles. The topological polar surface area (TPSA) is 32.3 Å². The molecule has 0 aromatic carbocycles. The van der Waals surface area contributed by atoms with Crippen molar-refractivity contribution in [3.8, 4) is 0 Å². The average Bonchev–Trinajstić information content (AvgIpc) is 2.36. The van der Waals surface area contributed by atoms with E-state index >= 15 is 0 Å². The number of carbonyl (C=O) groups excluding carboxylic acids is 1. The summed E-state index contributed by atoms with van der Waals surface area (Å²) in [6.45, 7) is 13.2. The third-order valence-electron chi connectivity index (χ3n) is 5.37. The average molecular weight is 280 g/mol. The molecule has 0 radical (unpaired) electrons. The number of nitrogens with one attached hydrogen (secondary N) is 1. The molecule has 116 valence electrons. The van der Waals surface area contributed by atoms with Crippen molar-refractivity contribution in [2.24, 2.45) is 23.7 Å². The van der Waals surface area contributed by atoms with Crippen molar-refractivity contribution >= 4 is 5.91 Å². The maximum absolute atomic E-state index is 12.0. The number of hydrogen-bond acceptors (Lipinski definition) is 2. The van der Waals surface area contributed by atoms with Gasteiger partial charge in [-0.15, -0.1) is 0 Å². The molecule has 4 unspecified atom stereocenters. The van der Waals surface area contributed by atoms with Gasteiger partial charge >= 0.3 is 0 Å². The highest BCUT2D eigenvalue weighted by Gasteiger charge is 2.38. The van der Waals surface area contributed by atoms with Gasteiger partial charge < -0.3 is 5.32 Å². The number of amides is 1. The molecule has 1 saturated carbocycles. The third kappa shape index (κ3) is 3.55. The fourth-order valence-electron chi connectivity index (χ4n) is 3.59. The SMILES string of the molecule is CC(C)C(=O)NC1CC(C(C)C)CN(C2CCC2C)C1. The van der Waals surface area contributed by atoms with Crippen LogP contribution in [0.2, 0.25) is 0 Å². The fraction of sp³-hybridized carbons (Fsp3) is 0.941. The Bertz CT molecular complexity index is 340. The monoisotopic (exact) mass is 280 g/mol. The minimum absolute atomic E-state index is 0.0884. The van der Waals surface area contributed by atoms with Gasteiger partial charge in [0, 0.05) is 31.1 Å². The molecule has 2 fully saturated rings. The summed E-state index contributed by atoms with van der Waals surface area (Å²) in [6, 6.07) is 1.11. The van der Waals surface area contributed by atoms with Crippen LogP contribution in [0, 0.1) is 23.7 Å². The summed E-state index contributed by atoms with van der Waals surface area (Å²) in [5.41, 5.74) is 0. The molecule has 4 atom stereocenters. The van der Waals surface area contributed by atoms with Crippen LogP contribution in [0.3, 0.4) is 0 Å². The molecule has 20 heavy (non-hydrogen) atoms. The van der Waals surface area contributed by atoms with Gasteiger partial charge in [-0.25, -0.2) is 0 Å². The predicted molar refractivity (Wildman–Crippen MR) is 83.5 cm³/mol. The van der Waals surface area contributed by atoms with Gasteiger partial charge in [-0.1, -0.05) is 34.6 Å². The lowest BCUT2D eigenvalue weighted by molar-refractivity contribution is -0.125. The fourth-order valence-corrected chi connectivity index (χ4v) is 3.59. The van der Waals surface area contributed by atoms with Gasteiger partial charge in [0.1, 0.15) is 0 Å². The van der Waals surface area contributed by atoms with E-state index < -0.39 is 0 Å². The quantitative estimate of drug-likeness (QED) is 0.859. The van der Waals surface area contributed by atoms with Crippen molar-refractivity contribution < 1.29 is 4.79 Å². The molecule has 1 heterocycles. The van der Waals surface area contributed by atoms with Gasteiger partial charge in [-0.3, -0.25) is 9.69 Å². The van der Waals surface area contributed by atoms with Crippen molar-refractivity contribution in [2.45, 2.75) is 66.0 Å². The van der Waals surface area contributed by atoms with E-state index in [1.807, 2.05) is 13.8 Å². The zero-order valence-corrected chi connectivity index (χ0v) is 13.9. The molecule has 0 aromatic rings. The number of carbonyl (C=O) groups is 1. The molecule has 2 rings (SSSR count). The minimum atomic E-state index is 0.0884. The Labute approximate surface area is 124 Å². The van der Waals surface area contributed by atoms with E-state index in [4.69, 9.17) is 0 Å². The van der Waals surface area contributed by atoms with Crippen molar-refractivity contribution in [3.63, 3.8) is 0 Å². The van der Waals surface area contributed by atoms with Crippen molar-refractivity contribution in [2.75, 3.05) is 13.1 Å². The van der Waals surface area contributed by atoms with Gasteiger partial charge in [-0.2, -0.15) is 0 Å². The Balaban J connectivity index is 1.99. The number of piperidine rings is 1. The Kier molecular flexibility index (Phi) is 5.11. The molecule has 3 nitrogen and oxygen atoms in total. The Morgan fingerprint density at radius 3 is 2.30 bits per heavy atom. The molecule has 3 heteroatoms. The van der Waals surface area contributed by atoms with Crippen molar-refractivity contribution in [3.05, 3.63) is 0 Å². The van der Waals surface area contributed by atoms with Crippen LogP contribution < -0.4 is 5.32 Å². The standard InChI is InChI=1S/C17H32N2O/c1-11(2)14-8-15(18-17(20)12(3)4)10-19(9-14)16-7-6-13(16)5/h11-16H,6-10H2,1-5H3,(H,18,20). The summed E-state index contributed by atoms with van der Waals surface area (Å²) < 4.78 is 0. The van der Waals surface area contributed by atoms with E-state index in [0.29, 0.717) is 17.9 Å². The summed E-state index contributed by atoms with van der Waals surface area (Å²) in [5.74, 6) is 2.55. The first-order valence-corrected chi connectivity index (χ1v) is 8.43. The van der Waals surface area contributed by atoms with Crippen LogP contribution in [-0.4, -0.2) is 36.0 Å². The molecule has 0 aromatic heterocycles. The van der Waals surface area contributed by atoms with Gasteiger partial charge in [-0.05, 0) is 37.0 Å². The molecule has 0 spiro atoms. The van der Waals surface area contributed by atoms with Gasteiger partial charge in [0.05, 0.1) is 0 Å². The third-order valence-corrected chi connectivity index (χ3v) is 5.37. The molecule has 0 bridgehead atoms. The zero-order chi connectivity index (χ0) is 14.9. The molecule has 1 aliphatic carbocycles. The summed E-state index contributed by atoms with van der Waals surface area (Å²) in [7, 11) is 0. The van der Waals surface area contributed by atoms with E-state index in [-0.39, 0.29) is 11.8 Å². The molecule has 2 aliphatic rings. The Hall–Kier alpha value is -0.570. The Morgan fingerprint density at radius 1 is 1.15 bits per heavy atom. The number of likely N-dealkylation sites (tertiary alicyclic amines) is 1. The van der Waals surface area contributed by atoms with Crippen LogP contribution in [0.25, 0.3) is 0 Å². The summed E-state index contributed by atoms with van der Waals surface area (Å²) in [4.78, 5) is 14.6. The van der Waals surface area contributed by atoms with E-state index in [0.717, 1.165) is 24.9 Å². The minimum Gasteiger partial charge on any atom is -0.352 e. The zero-order valence-electron chi connectivity index (χ0n) is 13.9. The van der Waals surface area contributed by atoms with E-state index in [2.05, 4.69) is 31.0 Å². The van der Waals surface area contributed by atoms with Crippen LogP contribution in [0.1, 0.15) is 53.9 Å². The second-order valence-corrected chi connectivity index (χ2v) is 7.68. The lowest BCUT2D eigenvalue weighted by Crippen LogP contribution is -2.58. The van der Waals surface area contributed by atoms with E-state index in [9.17, 15) is 4.79 Å². The molecule has 1 amide bonds. The van der Waals surface area contributed by atoms with Crippen molar-refractivity contribution in [1.29, 1.82) is 0 Å².